The van der Waals surface area contributed by atoms with Gasteiger partial charge in [0.05, 0.1) is 0 Å². The minimum atomic E-state index is 0.728. The predicted octanol–water partition coefficient (Wildman–Crippen LogP) is 3.82. The third kappa shape index (κ3) is 6.70. The van der Waals surface area contributed by atoms with Crippen molar-refractivity contribution in [1.82, 2.24) is 9.80 Å². The molecule has 0 aromatic rings. The quantitative estimate of drug-likeness (QED) is 0.725. The first kappa shape index (κ1) is 18.3. The van der Waals surface area contributed by atoms with Gasteiger partial charge in [0.1, 0.15) is 0 Å². The second kappa shape index (κ2) is 9.30. The van der Waals surface area contributed by atoms with Gasteiger partial charge in [0.25, 0.3) is 0 Å². The molecule has 2 aliphatic rings. The van der Waals surface area contributed by atoms with Crippen LogP contribution in [0.25, 0.3) is 0 Å². The van der Waals surface area contributed by atoms with Crippen molar-refractivity contribution in [2.75, 3.05) is 33.2 Å². The lowest BCUT2D eigenvalue weighted by Crippen LogP contribution is -2.34. The van der Waals surface area contributed by atoms with Crippen LogP contribution >= 0.6 is 0 Å². The Morgan fingerprint density at radius 3 is 1.86 bits per heavy atom. The van der Waals surface area contributed by atoms with E-state index in [1.54, 1.807) is 0 Å². The maximum absolute atomic E-state index is 8.67. The Labute approximate surface area is 132 Å². The molecule has 0 aliphatic carbocycles. The molecule has 0 aromatic carbocycles. The lowest BCUT2D eigenvalue weighted by molar-refractivity contribution is 0.173. The summed E-state index contributed by atoms with van der Waals surface area (Å²) in [6.07, 6.45) is 7.56. The summed E-state index contributed by atoms with van der Waals surface area (Å²) in [5, 5.41) is 8.67. The Balaban J connectivity index is 0.000000211. The maximum atomic E-state index is 8.67. The SMILES string of the molecule is CC(C)[C@@H]1CCCN(C#N)C1.CC(C)[C@H]1CCCN(C)C1. The first-order valence-electron chi connectivity index (χ1n) is 8.77. The van der Waals surface area contributed by atoms with Crippen LogP contribution in [0.4, 0.5) is 0 Å². The van der Waals surface area contributed by atoms with Crippen molar-refractivity contribution < 1.29 is 0 Å². The van der Waals surface area contributed by atoms with E-state index in [4.69, 9.17) is 5.26 Å². The molecule has 0 spiro atoms. The van der Waals surface area contributed by atoms with E-state index in [-0.39, 0.29) is 0 Å². The first-order chi connectivity index (χ1) is 9.93. The third-order valence-electron chi connectivity index (χ3n) is 5.15. The van der Waals surface area contributed by atoms with E-state index < -0.39 is 0 Å². The van der Waals surface area contributed by atoms with Gasteiger partial charge in [0.2, 0.25) is 0 Å². The fourth-order valence-electron chi connectivity index (χ4n) is 3.40. The molecule has 3 heteroatoms. The molecule has 0 N–H and O–H groups in total. The van der Waals surface area contributed by atoms with Gasteiger partial charge in [-0.1, -0.05) is 27.7 Å². The average molecular weight is 293 g/mol. The minimum absolute atomic E-state index is 0.728. The molecular weight excluding hydrogens is 258 g/mol. The van der Waals surface area contributed by atoms with Gasteiger partial charge in [-0.05, 0) is 62.9 Å². The molecular formula is C18H35N3. The van der Waals surface area contributed by atoms with Crippen molar-refractivity contribution in [3.05, 3.63) is 0 Å². The average Bonchev–Trinajstić information content (AvgIpc) is 2.48. The standard InChI is InChI=1S/C9H16N2.C9H19N/c1-8(2)9-4-3-5-11(6-9)7-10;1-8(2)9-5-4-6-10(3)7-9/h8-9H,3-6H2,1-2H3;8-9H,4-7H2,1-3H3/t2*9-/m10/s1. The van der Waals surface area contributed by atoms with Gasteiger partial charge in [-0.25, -0.2) is 0 Å². The molecule has 2 saturated heterocycles. The molecule has 21 heavy (non-hydrogen) atoms. The van der Waals surface area contributed by atoms with Gasteiger partial charge in [0.15, 0.2) is 6.19 Å². The molecule has 2 heterocycles. The zero-order valence-corrected chi connectivity index (χ0v) is 14.8. The fourth-order valence-corrected chi connectivity index (χ4v) is 3.40. The van der Waals surface area contributed by atoms with E-state index in [0.717, 1.165) is 36.8 Å². The van der Waals surface area contributed by atoms with E-state index in [1.807, 2.05) is 4.90 Å². The summed E-state index contributed by atoms with van der Waals surface area (Å²) in [7, 11) is 2.23. The lowest BCUT2D eigenvalue weighted by atomic mass is 9.88. The second-order valence-electron chi connectivity index (χ2n) is 7.60. The number of nitriles is 1. The topological polar surface area (TPSA) is 30.3 Å². The normalized spacial score (nSPS) is 27.2. The smallest absolute Gasteiger partial charge is 0.179 e. The second-order valence-corrected chi connectivity index (χ2v) is 7.60. The van der Waals surface area contributed by atoms with Crippen LogP contribution in [0, 0.1) is 35.1 Å². The van der Waals surface area contributed by atoms with Crippen LogP contribution in [0.5, 0.6) is 0 Å². The Hall–Kier alpha value is -0.750. The van der Waals surface area contributed by atoms with E-state index in [1.165, 1.54) is 38.8 Å². The summed E-state index contributed by atoms with van der Waals surface area (Å²) in [6, 6.07) is 0. The molecule has 0 saturated carbocycles. The first-order valence-corrected chi connectivity index (χ1v) is 8.77. The van der Waals surface area contributed by atoms with Crippen molar-refractivity contribution in [1.29, 1.82) is 5.26 Å². The molecule has 122 valence electrons. The number of likely N-dealkylation sites (tertiary alicyclic amines) is 2. The number of hydrogen-bond donors (Lipinski definition) is 0. The van der Waals surface area contributed by atoms with Crippen molar-refractivity contribution >= 4 is 0 Å². The zero-order chi connectivity index (χ0) is 15.8. The van der Waals surface area contributed by atoms with Crippen LogP contribution in [0.15, 0.2) is 0 Å². The van der Waals surface area contributed by atoms with E-state index in [0.29, 0.717) is 0 Å². The highest BCUT2D eigenvalue weighted by atomic mass is 15.1. The number of hydrogen-bond acceptors (Lipinski definition) is 3. The Bertz CT molecular complexity index is 319. The number of piperidine rings is 2. The Morgan fingerprint density at radius 2 is 1.43 bits per heavy atom. The van der Waals surface area contributed by atoms with Gasteiger partial charge in [0, 0.05) is 19.6 Å². The molecule has 2 atom stereocenters. The van der Waals surface area contributed by atoms with Gasteiger partial charge in [-0.2, -0.15) is 5.26 Å². The van der Waals surface area contributed by atoms with Crippen molar-refractivity contribution in [2.45, 2.75) is 53.4 Å². The van der Waals surface area contributed by atoms with Crippen molar-refractivity contribution in [2.24, 2.45) is 23.7 Å². The molecule has 3 nitrogen and oxygen atoms in total. The molecule has 0 bridgehead atoms. The monoisotopic (exact) mass is 293 g/mol. The molecule has 2 fully saturated rings. The van der Waals surface area contributed by atoms with Gasteiger partial charge in [-0.15, -0.1) is 0 Å². The molecule has 2 aliphatic heterocycles. The molecule has 0 radical (unpaired) electrons. The molecule has 2 rings (SSSR count). The Morgan fingerprint density at radius 1 is 0.905 bits per heavy atom. The highest BCUT2D eigenvalue weighted by Gasteiger charge is 2.21. The number of nitrogens with zero attached hydrogens (tertiary/aromatic N) is 3. The molecule has 0 unspecified atom stereocenters. The predicted molar refractivity (Wildman–Crippen MR) is 89.8 cm³/mol. The largest absolute Gasteiger partial charge is 0.310 e. The number of rotatable bonds is 2. The fraction of sp³-hybridized carbons (Fsp3) is 0.944. The van der Waals surface area contributed by atoms with Crippen LogP contribution < -0.4 is 0 Å². The van der Waals surface area contributed by atoms with Crippen LogP contribution in [0.2, 0.25) is 0 Å². The summed E-state index contributed by atoms with van der Waals surface area (Å²) in [5.41, 5.74) is 0. The van der Waals surface area contributed by atoms with Crippen LogP contribution in [-0.4, -0.2) is 43.0 Å². The summed E-state index contributed by atoms with van der Waals surface area (Å²) in [5.74, 6) is 3.30. The molecule has 0 amide bonds. The highest BCUT2D eigenvalue weighted by molar-refractivity contribution is 4.82. The van der Waals surface area contributed by atoms with Crippen LogP contribution in [-0.2, 0) is 0 Å². The van der Waals surface area contributed by atoms with Crippen LogP contribution in [0.3, 0.4) is 0 Å². The van der Waals surface area contributed by atoms with Gasteiger partial charge in [-0.3, -0.25) is 0 Å². The van der Waals surface area contributed by atoms with E-state index in [9.17, 15) is 0 Å². The maximum Gasteiger partial charge on any atom is 0.179 e. The van der Waals surface area contributed by atoms with Crippen molar-refractivity contribution in [3.63, 3.8) is 0 Å². The molecule has 0 aromatic heterocycles. The minimum Gasteiger partial charge on any atom is -0.310 e. The van der Waals surface area contributed by atoms with Gasteiger partial charge < -0.3 is 9.80 Å². The summed E-state index contributed by atoms with van der Waals surface area (Å²) in [6.45, 7) is 13.7. The Kier molecular flexibility index (Phi) is 8.11. The third-order valence-corrected chi connectivity index (χ3v) is 5.15. The summed E-state index contributed by atoms with van der Waals surface area (Å²) < 4.78 is 0. The van der Waals surface area contributed by atoms with E-state index >= 15 is 0 Å². The highest BCUT2D eigenvalue weighted by Crippen LogP contribution is 2.23. The summed E-state index contributed by atoms with van der Waals surface area (Å²) >= 11 is 0. The summed E-state index contributed by atoms with van der Waals surface area (Å²) in [4.78, 5) is 4.34. The lowest BCUT2D eigenvalue weighted by Gasteiger charge is -2.31. The van der Waals surface area contributed by atoms with Crippen LogP contribution in [0.1, 0.15) is 53.4 Å². The van der Waals surface area contributed by atoms with Gasteiger partial charge >= 0.3 is 0 Å². The van der Waals surface area contributed by atoms with Crippen molar-refractivity contribution in [3.8, 4) is 6.19 Å². The zero-order valence-electron chi connectivity index (χ0n) is 14.8. The van der Waals surface area contributed by atoms with E-state index in [2.05, 4.69) is 45.8 Å².